The Morgan fingerprint density at radius 2 is 0.839 bits per heavy atom. The number of rotatable bonds is 6. The Labute approximate surface area is 327 Å². The molecule has 0 radical (unpaired) electrons. The van der Waals surface area contributed by atoms with Gasteiger partial charge in [-0.25, -0.2) is 15.0 Å². The lowest BCUT2D eigenvalue weighted by Crippen LogP contribution is -2.00. The van der Waals surface area contributed by atoms with Crippen LogP contribution in [-0.2, 0) is 0 Å². The van der Waals surface area contributed by atoms with E-state index in [0.717, 1.165) is 22.3 Å². The van der Waals surface area contributed by atoms with Gasteiger partial charge < -0.3 is 4.57 Å². The number of para-hydroxylation sites is 1. The van der Waals surface area contributed by atoms with Gasteiger partial charge in [-0.3, -0.25) is 0 Å². The predicted molar refractivity (Wildman–Crippen MR) is 234 cm³/mol. The molecule has 0 unspecified atom stereocenters. The summed E-state index contributed by atoms with van der Waals surface area (Å²) in [6.07, 6.45) is 0. The summed E-state index contributed by atoms with van der Waals surface area (Å²) in [5, 5.41) is 5.01. The van der Waals surface area contributed by atoms with Crippen molar-refractivity contribution in [1.29, 1.82) is 0 Å². The fourth-order valence-corrected chi connectivity index (χ4v) is 9.35. The van der Waals surface area contributed by atoms with Gasteiger partial charge in [-0.2, -0.15) is 0 Å². The van der Waals surface area contributed by atoms with E-state index < -0.39 is 0 Å². The van der Waals surface area contributed by atoms with Gasteiger partial charge in [0, 0.05) is 42.9 Å². The van der Waals surface area contributed by atoms with Crippen molar-refractivity contribution < 1.29 is 0 Å². The molecule has 8 aromatic carbocycles. The van der Waals surface area contributed by atoms with Crippen LogP contribution in [0.1, 0.15) is 0 Å². The molecule has 0 saturated carbocycles. The Hall–Kier alpha value is -7.21. The number of hydrogen-bond donors (Lipinski definition) is 0. The largest absolute Gasteiger partial charge is 0.308 e. The first-order valence-electron chi connectivity index (χ1n) is 18.8. The second kappa shape index (κ2) is 13.3. The van der Waals surface area contributed by atoms with Crippen molar-refractivity contribution in [1.82, 2.24) is 19.5 Å². The normalized spacial score (nSPS) is 11.6. The van der Waals surface area contributed by atoms with E-state index in [0.29, 0.717) is 17.5 Å². The maximum Gasteiger partial charge on any atom is 0.164 e. The van der Waals surface area contributed by atoms with E-state index >= 15 is 0 Å². The number of thiophene rings is 1. The van der Waals surface area contributed by atoms with Gasteiger partial charge in [0.1, 0.15) is 0 Å². The third-order valence-electron chi connectivity index (χ3n) is 10.7. The van der Waals surface area contributed by atoms with Crippen molar-refractivity contribution in [3.63, 3.8) is 0 Å². The highest BCUT2D eigenvalue weighted by atomic mass is 32.1. The first kappa shape index (κ1) is 32.2. The molecule has 0 aliphatic rings. The molecular formula is C51H32N4S. The highest BCUT2D eigenvalue weighted by molar-refractivity contribution is 7.26. The lowest BCUT2D eigenvalue weighted by Gasteiger charge is -2.10. The lowest BCUT2D eigenvalue weighted by molar-refractivity contribution is 1.07. The summed E-state index contributed by atoms with van der Waals surface area (Å²) >= 11 is 1.86. The molecule has 11 aromatic rings. The van der Waals surface area contributed by atoms with Crippen LogP contribution >= 0.6 is 11.3 Å². The van der Waals surface area contributed by atoms with E-state index in [9.17, 15) is 0 Å². The van der Waals surface area contributed by atoms with Crippen LogP contribution in [-0.4, -0.2) is 19.5 Å². The highest BCUT2D eigenvalue weighted by Gasteiger charge is 2.19. The Bertz CT molecular complexity index is 3180. The van der Waals surface area contributed by atoms with Gasteiger partial charge in [-0.05, 0) is 52.6 Å². The smallest absolute Gasteiger partial charge is 0.164 e. The zero-order valence-electron chi connectivity index (χ0n) is 30.2. The molecule has 0 spiro atoms. The summed E-state index contributed by atoms with van der Waals surface area (Å²) in [6.45, 7) is 0. The fourth-order valence-electron chi connectivity index (χ4n) is 8.01. The molecule has 3 aromatic heterocycles. The number of hydrogen-bond acceptors (Lipinski definition) is 4. The van der Waals surface area contributed by atoms with Crippen LogP contribution in [0, 0.1) is 0 Å². The SMILES string of the molecule is c1ccc(-c2ccc3c(c2)c2ccccc2n3-c2cccc3c2sc2c(-c4cccc(-c5nc(-c6ccccc6)nc(-c6ccccc6)n5)c4)cccc23)cc1. The quantitative estimate of drug-likeness (QED) is 0.171. The average Bonchev–Trinajstić information content (AvgIpc) is 3.83. The van der Waals surface area contributed by atoms with Gasteiger partial charge in [-0.15, -0.1) is 11.3 Å². The lowest BCUT2D eigenvalue weighted by atomic mass is 10.0. The molecule has 5 heteroatoms. The van der Waals surface area contributed by atoms with Crippen LogP contribution < -0.4 is 0 Å². The van der Waals surface area contributed by atoms with Crippen molar-refractivity contribution in [2.24, 2.45) is 0 Å². The summed E-state index contributed by atoms with van der Waals surface area (Å²) in [4.78, 5) is 15.0. The monoisotopic (exact) mass is 732 g/mol. The van der Waals surface area contributed by atoms with Crippen molar-refractivity contribution in [2.45, 2.75) is 0 Å². The number of nitrogens with zero attached hydrogens (tertiary/aromatic N) is 4. The third kappa shape index (κ3) is 5.40. The molecule has 56 heavy (non-hydrogen) atoms. The van der Waals surface area contributed by atoms with Gasteiger partial charge in [0.15, 0.2) is 17.5 Å². The molecule has 0 atom stereocenters. The molecule has 0 N–H and O–H groups in total. The zero-order chi connectivity index (χ0) is 37.0. The summed E-state index contributed by atoms with van der Waals surface area (Å²) in [5.74, 6) is 1.95. The van der Waals surface area contributed by atoms with E-state index in [-0.39, 0.29) is 0 Å². The molecule has 11 rings (SSSR count). The molecule has 3 heterocycles. The zero-order valence-corrected chi connectivity index (χ0v) is 31.0. The molecule has 0 amide bonds. The first-order chi connectivity index (χ1) is 27.8. The fraction of sp³-hybridized carbons (Fsp3) is 0. The van der Waals surface area contributed by atoms with Crippen molar-refractivity contribution in [2.75, 3.05) is 0 Å². The minimum absolute atomic E-state index is 0.646. The second-order valence-electron chi connectivity index (χ2n) is 14.0. The molecule has 0 fully saturated rings. The number of aromatic nitrogens is 4. The molecule has 4 nitrogen and oxygen atoms in total. The van der Waals surface area contributed by atoms with E-state index in [1.165, 1.54) is 64.4 Å². The number of fused-ring (bicyclic) bond motifs is 6. The van der Waals surface area contributed by atoms with Crippen LogP contribution in [0.2, 0.25) is 0 Å². The molecule has 262 valence electrons. The number of benzene rings is 8. The second-order valence-corrected chi connectivity index (χ2v) is 15.0. The van der Waals surface area contributed by atoms with E-state index in [1.807, 2.05) is 72.0 Å². The van der Waals surface area contributed by atoms with Gasteiger partial charge >= 0.3 is 0 Å². The molecular weight excluding hydrogens is 701 g/mol. The summed E-state index contributed by atoms with van der Waals surface area (Å²) in [5.41, 5.74) is 11.2. The Morgan fingerprint density at radius 3 is 1.55 bits per heavy atom. The minimum Gasteiger partial charge on any atom is -0.308 e. The van der Waals surface area contributed by atoms with Crippen LogP contribution in [0.15, 0.2) is 194 Å². The van der Waals surface area contributed by atoms with Crippen molar-refractivity contribution in [3.05, 3.63) is 194 Å². The van der Waals surface area contributed by atoms with Gasteiger partial charge in [0.2, 0.25) is 0 Å². The standard InChI is InChI=1S/C51H32N4S/c1-4-15-33(16-5-1)36-29-30-45-43(32-36)40-23-10-11-27-44(40)55(45)46-28-14-26-42-41-25-13-24-39(47(41)56-48(42)46)37-21-12-22-38(31-37)51-53-49(34-17-6-2-7-18-34)52-50(54-51)35-19-8-3-9-20-35/h1-32H. The van der Waals surface area contributed by atoms with E-state index in [4.69, 9.17) is 15.0 Å². The summed E-state index contributed by atoms with van der Waals surface area (Å²) in [7, 11) is 0. The van der Waals surface area contributed by atoms with Gasteiger partial charge in [0.05, 0.1) is 21.4 Å². The van der Waals surface area contributed by atoms with E-state index in [2.05, 4.69) is 138 Å². The Morgan fingerprint density at radius 1 is 0.321 bits per heavy atom. The summed E-state index contributed by atoms with van der Waals surface area (Å²) in [6, 6.07) is 68.6. The molecule has 0 aliphatic heterocycles. The van der Waals surface area contributed by atoms with Crippen LogP contribution in [0.25, 0.3) is 104 Å². The maximum atomic E-state index is 5.02. The van der Waals surface area contributed by atoms with Crippen LogP contribution in [0.5, 0.6) is 0 Å². The molecule has 0 saturated heterocycles. The summed E-state index contributed by atoms with van der Waals surface area (Å²) < 4.78 is 4.97. The average molecular weight is 733 g/mol. The van der Waals surface area contributed by atoms with Gasteiger partial charge in [-0.1, -0.05) is 164 Å². The minimum atomic E-state index is 0.646. The van der Waals surface area contributed by atoms with Crippen LogP contribution in [0.3, 0.4) is 0 Å². The van der Waals surface area contributed by atoms with Crippen molar-refractivity contribution in [3.8, 4) is 62.1 Å². The molecule has 0 aliphatic carbocycles. The molecule has 0 bridgehead atoms. The van der Waals surface area contributed by atoms with Gasteiger partial charge in [0.25, 0.3) is 0 Å². The maximum absolute atomic E-state index is 5.02. The van der Waals surface area contributed by atoms with Crippen LogP contribution in [0.4, 0.5) is 0 Å². The van der Waals surface area contributed by atoms with Crippen molar-refractivity contribution >= 4 is 53.3 Å². The Kier molecular flexibility index (Phi) is 7.64. The highest BCUT2D eigenvalue weighted by Crippen LogP contribution is 2.45. The third-order valence-corrected chi connectivity index (χ3v) is 11.9. The predicted octanol–water partition coefficient (Wildman–Crippen LogP) is 13.7. The topological polar surface area (TPSA) is 43.6 Å². The van der Waals surface area contributed by atoms with E-state index in [1.54, 1.807) is 0 Å². The first-order valence-corrected chi connectivity index (χ1v) is 19.6. The Balaban J connectivity index is 1.07.